The van der Waals surface area contributed by atoms with Gasteiger partial charge in [0.25, 0.3) is 11.6 Å². The minimum Gasteiger partial charge on any atom is -0.370 e. The van der Waals surface area contributed by atoms with Gasteiger partial charge in [0.2, 0.25) is 0 Å². The number of anilines is 2. The third kappa shape index (κ3) is 3.03. The number of nitro benzene ring substituents is 1. The highest BCUT2D eigenvalue weighted by molar-refractivity contribution is 6.04. The Bertz CT molecular complexity index is 1020. The fourth-order valence-electron chi connectivity index (χ4n) is 6.77. The highest BCUT2D eigenvalue weighted by atomic mass is 16.6. The molecule has 4 atom stereocenters. The number of non-ortho nitro benzene ring substituents is 1. The van der Waals surface area contributed by atoms with Crippen molar-refractivity contribution >= 4 is 23.0 Å². The first-order chi connectivity index (χ1) is 15.1. The molecule has 160 valence electrons. The van der Waals surface area contributed by atoms with Gasteiger partial charge in [-0.2, -0.15) is 0 Å². The molecule has 0 aromatic heterocycles. The molecule has 1 N–H and O–H groups in total. The summed E-state index contributed by atoms with van der Waals surface area (Å²) in [7, 11) is 0. The van der Waals surface area contributed by atoms with Gasteiger partial charge in [0.15, 0.2) is 0 Å². The normalized spacial score (nSPS) is 27.9. The molecule has 0 spiro atoms. The highest BCUT2D eigenvalue weighted by Crippen LogP contribution is 2.56. The molecule has 0 radical (unpaired) electrons. The summed E-state index contributed by atoms with van der Waals surface area (Å²) < 4.78 is 0. The first-order valence-electron chi connectivity index (χ1n) is 11.6. The van der Waals surface area contributed by atoms with Crippen LogP contribution in [0.25, 0.3) is 0 Å². The predicted octanol–water partition coefficient (Wildman–Crippen LogP) is 5.45. The fourth-order valence-corrected chi connectivity index (χ4v) is 6.77. The predicted molar refractivity (Wildman–Crippen MR) is 120 cm³/mol. The maximum atomic E-state index is 12.9. The summed E-state index contributed by atoms with van der Waals surface area (Å²) in [6, 6.07) is 10.2. The Kier molecular flexibility index (Phi) is 4.30. The lowest BCUT2D eigenvalue weighted by molar-refractivity contribution is -0.384. The average molecular weight is 418 g/mol. The number of nitro groups is 1. The maximum absolute atomic E-state index is 12.9. The van der Waals surface area contributed by atoms with Crippen LogP contribution in [-0.2, 0) is 0 Å². The molecule has 0 bridgehead atoms. The molecular weight excluding hydrogens is 390 g/mol. The van der Waals surface area contributed by atoms with Gasteiger partial charge in [-0.3, -0.25) is 14.9 Å². The minimum atomic E-state index is -0.447. The summed E-state index contributed by atoms with van der Waals surface area (Å²) in [6.45, 7) is 2.39. The van der Waals surface area contributed by atoms with E-state index in [4.69, 9.17) is 0 Å². The van der Waals surface area contributed by atoms with Gasteiger partial charge in [0, 0.05) is 42.2 Å². The van der Waals surface area contributed by atoms with Gasteiger partial charge < -0.3 is 10.2 Å². The SMILES string of the molecule is O=C(Nc1cc2c3c(c1)[C@H]1CCC[C@@H]1CN3C[C@H]1CCC[C@H]21)c1ccc([N+](=O)[O-])cc1. The summed E-state index contributed by atoms with van der Waals surface area (Å²) in [4.78, 5) is 26.0. The van der Waals surface area contributed by atoms with Gasteiger partial charge in [-0.15, -0.1) is 0 Å². The van der Waals surface area contributed by atoms with Crippen molar-refractivity contribution in [2.45, 2.75) is 50.4 Å². The first kappa shape index (κ1) is 18.8. The number of fused-ring (bicyclic) bond motifs is 4. The summed E-state index contributed by atoms with van der Waals surface area (Å²) in [5, 5.41) is 14.0. The Hall–Kier alpha value is -2.89. The summed E-state index contributed by atoms with van der Waals surface area (Å²) in [6.07, 6.45) is 7.71. The lowest BCUT2D eigenvalue weighted by Crippen LogP contribution is -2.43. The molecule has 2 aliphatic heterocycles. The highest BCUT2D eigenvalue weighted by Gasteiger charge is 2.44. The van der Waals surface area contributed by atoms with Crippen LogP contribution in [-0.4, -0.2) is 23.9 Å². The molecule has 2 heterocycles. The summed E-state index contributed by atoms with van der Waals surface area (Å²) in [5.41, 5.74) is 5.66. The fraction of sp³-hybridized carbons (Fsp3) is 0.480. The zero-order valence-electron chi connectivity index (χ0n) is 17.5. The van der Waals surface area contributed by atoms with Crippen molar-refractivity contribution < 1.29 is 9.72 Å². The van der Waals surface area contributed by atoms with Crippen LogP contribution >= 0.6 is 0 Å². The second-order valence-electron chi connectivity index (χ2n) is 9.76. The van der Waals surface area contributed by atoms with E-state index >= 15 is 0 Å². The molecular formula is C25H27N3O3. The topological polar surface area (TPSA) is 75.5 Å². The van der Waals surface area contributed by atoms with Crippen molar-refractivity contribution in [2.24, 2.45) is 11.8 Å². The van der Waals surface area contributed by atoms with Crippen molar-refractivity contribution in [3.63, 3.8) is 0 Å². The van der Waals surface area contributed by atoms with E-state index in [2.05, 4.69) is 22.3 Å². The third-order valence-electron chi connectivity index (χ3n) is 8.11. The largest absolute Gasteiger partial charge is 0.370 e. The van der Waals surface area contributed by atoms with Crippen LogP contribution in [0.5, 0.6) is 0 Å². The molecule has 6 rings (SSSR count). The third-order valence-corrected chi connectivity index (χ3v) is 8.11. The summed E-state index contributed by atoms with van der Waals surface area (Å²) >= 11 is 0. The van der Waals surface area contributed by atoms with Crippen molar-refractivity contribution in [3.05, 3.63) is 63.2 Å². The van der Waals surface area contributed by atoms with Gasteiger partial charge >= 0.3 is 0 Å². The van der Waals surface area contributed by atoms with E-state index in [-0.39, 0.29) is 11.6 Å². The molecule has 2 aliphatic carbocycles. The Labute approximate surface area is 181 Å². The zero-order chi connectivity index (χ0) is 21.1. The van der Waals surface area contributed by atoms with Crippen LogP contribution in [0.2, 0.25) is 0 Å². The van der Waals surface area contributed by atoms with Crippen LogP contribution in [0.3, 0.4) is 0 Å². The Balaban J connectivity index is 1.37. The van der Waals surface area contributed by atoms with E-state index < -0.39 is 4.92 Å². The molecule has 6 heteroatoms. The van der Waals surface area contributed by atoms with Gasteiger partial charge in [0.1, 0.15) is 0 Å². The average Bonchev–Trinajstić information content (AvgIpc) is 3.43. The smallest absolute Gasteiger partial charge is 0.269 e. The van der Waals surface area contributed by atoms with E-state index in [1.807, 2.05) is 0 Å². The van der Waals surface area contributed by atoms with E-state index in [0.717, 1.165) is 17.5 Å². The molecule has 31 heavy (non-hydrogen) atoms. The van der Waals surface area contributed by atoms with Gasteiger partial charge in [-0.1, -0.05) is 12.8 Å². The number of hydrogen-bond acceptors (Lipinski definition) is 4. The quantitative estimate of drug-likeness (QED) is 0.532. The first-order valence-corrected chi connectivity index (χ1v) is 11.6. The van der Waals surface area contributed by atoms with Crippen LogP contribution < -0.4 is 10.2 Å². The lowest BCUT2D eigenvalue weighted by Gasteiger charge is -2.46. The van der Waals surface area contributed by atoms with Crippen LogP contribution in [0, 0.1) is 22.0 Å². The molecule has 1 amide bonds. The summed E-state index contributed by atoms with van der Waals surface area (Å²) in [5.74, 6) is 2.48. The molecule has 2 fully saturated rings. The van der Waals surface area contributed by atoms with E-state index in [0.29, 0.717) is 17.4 Å². The number of nitrogens with one attached hydrogen (secondary N) is 1. The molecule has 0 unspecified atom stereocenters. The molecule has 0 saturated heterocycles. The van der Waals surface area contributed by atoms with Gasteiger partial charge in [0.05, 0.1) is 4.92 Å². The number of carbonyl (C=O) groups excluding carboxylic acids is 1. The van der Waals surface area contributed by atoms with Gasteiger partial charge in [-0.05, 0) is 84.7 Å². The van der Waals surface area contributed by atoms with Crippen molar-refractivity contribution in [1.29, 1.82) is 0 Å². The zero-order valence-corrected chi connectivity index (χ0v) is 17.5. The monoisotopic (exact) mass is 417 g/mol. The number of rotatable bonds is 3. The maximum Gasteiger partial charge on any atom is 0.269 e. The molecule has 2 saturated carbocycles. The number of benzene rings is 2. The second kappa shape index (κ2) is 7.08. The van der Waals surface area contributed by atoms with Gasteiger partial charge in [-0.25, -0.2) is 0 Å². The van der Waals surface area contributed by atoms with Crippen LogP contribution in [0.15, 0.2) is 36.4 Å². The lowest BCUT2D eigenvalue weighted by atomic mass is 9.75. The van der Waals surface area contributed by atoms with Crippen LogP contribution in [0.4, 0.5) is 17.1 Å². The molecule has 2 aromatic carbocycles. The molecule has 2 aromatic rings. The van der Waals surface area contributed by atoms with Crippen molar-refractivity contribution in [1.82, 2.24) is 0 Å². The van der Waals surface area contributed by atoms with E-state index in [1.54, 1.807) is 0 Å². The number of hydrogen-bond donors (Lipinski definition) is 1. The molecule has 6 nitrogen and oxygen atoms in total. The van der Waals surface area contributed by atoms with Crippen molar-refractivity contribution in [2.75, 3.05) is 23.3 Å². The molecule has 4 aliphatic rings. The standard InChI is InChI=1S/C25H27N3O3/c29-25(15-7-9-19(10-8-15)28(30)31)26-18-11-22-20-5-1-3-16(20)13-27-14-17-4-2-6-21(17)23(12-18)24(22)27/h7-12,16-17,20-21H,1-6,13-14H2,(H,26,29)/t16-,17-,20+,21+/m1/s1. The Morgan fingerprint density at radius 2 is 1.52 bits per heavy atom. The number of nitrogens with zero attached hydrogens (tertiary/aromatic N) is 2. The van der Waals surface area contributed by atoms with Crippen molar-refractivity contribution in [3.8, 4) is 0 Å². The Morgan fingerprint density at radius 3 is 2.06 bits per heavy atom. The van der Waals surface area contributed by atoms with Crippen LogP contribution in [0.1, 0.15) is 71.8 Å². The second-order valence-corrected chi connectivity index (χ2v) is 9.76. The van der Waals surface area contributed by atoms with E-state index in [1.165, 1.54) is 92.7 Å². The number of carbonyl (C=O) groups is 1. The number of amides is 1. The minimum absolute atomic E-state index is 0.00518. The van der Waals surface area contributed by atoms with E-state index in [9.17, 15) is 14.9 Å². The Morgan fingerprint density at radius 1 is 0.935 bits per heavy atom.